The summed E-state index contributed by atoms with van der Waals surface area (Å²) in [4.78, 5) is 18.2. The van der Waals surface area contributed by atoms with Crippen LogP contribution in [0.25, 0.3) is 10.8 Å². The smallest absolute Gasteiger partial charge is 0.272 e. The molecule has 0 unspecified atom stereocenters. The van der Waals surface area contributed by atoms with Crippen LogP contribution in [0.3, 0.4) is 0 Å². The van der Waals surface area contributed by atoms with Crippen molar-refractivity contribution >= 4 is 28.3 Å². The van der Waals surface area contributed by atoms with Crippen molar-refractivity contribution in [2.24, 2.45) is 0 Å². The number of rotatable bonds is 5. The van der Waals surface area contributed by atoms with Gasteiger partial charge in [-0.15, -0.1) is 0 Å². The van der Waals surface area contributed by atoms with Crippen LogP contribution in [0.5, 0.6) is 0 Å². The Labute approximate surface area is 123 Å². The van der Waals surface area contributed by atoms with Crippen LogP contribution in [0.4, 0.5) is 0 Å². The number of carbonyl (C=O) groups is 1. The largest absolute Gasteiger partial charge is 0.396 e. The van der Waals surface area contributed by atoms with Crippen LogP contribution in [0.1, 0.15) is 23.8 Å². The summed E-state index contributed by atoms with van der Waals surface area (Å²) < 4.78 is 0. The molecule has 1 N–H and O–H groups in total. The quantitative estimate of drug-likeness (QED) is 0.862. The Kier molecular flexibility index (Phi) is 4.93. The number of aliphatic hydroxyl groups excluding tert-OH is 1. The second-order valence-electron chi connectivity index (χ2n) is 4.48. The van der Waals surface area contributed by atoms with E-state index in [1.54, 1.807) is 11.0 Å². The average molecular weight is 293 g/mol. The second kappa shape index (κ2) is 6.68. The van der Waals surface area contributed by atoms with E-state index in [0.717, 1.165) is 10.8 Å². The Morgan fingerprint density at radius 3 is 2.85 bits per heavy atom. The molecule has 106 valence electrons. The number of halogens is 1. The molecule has 1 aromatic carbocycles. The van der Waals surface area contributed by atoms with Crippen molar-refractivity contribution in [2.45, 2.75) is 13.3 Å². The van der Waals surface area contributed by atoms with Crippen LogP contribution in [0, 0.1) is 0 Å². The molecule has 2 rings (SSSR count). The van der Waals surface area contributed by atoms with Gasteiger partial charge in [-0.2, -0.15) is 0 Å². The number of aromatic nitrogens is 1. The fourth-order valence-electron chi connectivity index (χ4n) is 2.09. The Hall–Kier alpha value is -1.65. The van der Waals surface area contributed by atoms with Crippen molar-refractivity contribution in [1.82, 2.24) is 9.88 Å². The second-order valence-corrected chi connectivity index (χ2v) is 4.84. The minimum Gasteiger partial charge on any atom is -0.396 e. The lowest BCUT2D eigenvalue weighted by molar-refractivity contribution is 0.0748. The monoisotopic (exact) mass is 292 g/mol. The molecular weight excluding hydrogens is 276 g/mol. The maximum atomic E-state index is 12.4. The van der Waals surface area contributed by atoms with E-state index in [-0.39, 0.29) is 12.5 Å². The zero-order valence-corrected chi connectivity index (χ0v) is 12.1. The minimum absolute atomic E-state index is 0.0652. The molecule has 0 aliphatic rings. The highest BCUT2D eigenvalue weighted by Crippen LogP contribution is 2.22. The summed E-state index contributed by atoms with van der Waals surface area (Å²) in [6.45, 7) is 3.05. The summed E-state index contributed by atoms with van der Waals surface area (Å²) in [5, 5.41) is 10.9. The van der Waals surface area contributed by atoms with Gasteiger partial charge in [0.1, 0.15) is 10.8 Å². The van der Waals surface area contributed by atoms with Crippen molar-refractivity contribution in [2.75, 3.05) is 19.7 Å². The lowest BCUT2D eigenvalue weighted by Crippen LogP contribution is -2.32. The zero-order chi connectivity index (χ0) is 14.5. The molecule has 0 saturated carbocycles. The van der Waals surface area contributed by atoms with Crippen molar-refractivity contribution in [3.05, 3.63) is 41.2 Å². The van der Waals surface area contributed by atoms with E-state index >= 15 is 0 Å². The fourth-order valence-corrected chi connectivity index (χ4v) is 2.36. The Balaban J connectivity index is 2.34. The van der Waals surface area contributed by atoms with Crippen LogP contribution < -0.4 is 0 Å². The van der Waals surface area contributed by atoms with E-state index in [1.807, 2.05) is 31.2 Å². The summed E-state index contributed by atoms with van der Waals surface area (Å²) in [5.41, 5.74) is 0.341. The minimum atomic E-state index is -0.159. The molecule has 0 atom stereocenters. The molecule has 1 amide bonds. The molecule has 0 aliphatic carbocycles. The lowest BCUT2D eigenvalue weighted by Gasteiger charge is -2.20. The predicted molar refractivity (Wildman–Crippen MR) is 80.0 cm³/mol. The van der Waals surface area contributed by atoms with Gasteiger partial charge in [0.25, 0.3) is 5.91 Å². The summed E-state index contributed by atoms with van der Waals surface area (Å²) >= 11 is 6.14. The van der Waals surface area contributed by atoms with Gasteiger partial charge in [-0.1, -0.05) is 35.9 Å². The molecule has 0 radical (unpaired) electrons. The lowest BCUT2D eigenvalue weighted by atomic mass is 10.1. The van der Waals surface area contributed by atoms with E-state index in [0.29, 0.717) is 30.4 Å². The van der Waals surface area contributed by atoms with Crippen LogP contribution in [0.2, 0.25) is 5.15 Å². The zero-order valence-electron chi connectivity index (χ0n) is 11.3. The molecule has 4 nitrogen and oxygen atoms in total. The van der Waals surface area contributed by atoms with Gasteiger partial charge in [-0.05, 0) is 24.8 Å². The third kappa shape index (κ3) is 3.08. The van der Waals surface area contributed by atoms with E-state index in [9.17, 15) is 4.79 Å². The summed E-state index contributed by atoms with van der Waals surface area (Å²) in [6.07, 6.45) is 0.556. The Bertz CT molecular complexity index is 616. The van der Waals surface area contributed by atoms with Gasteiger partial charge < -0.3 is 10.0 Å². The van der Waals surface area contributed by atoms with E-state index < -0.39 is 0 Å². The Morgan fingerprint density at radius 2 is 2.15 bits per heavy atom. The molecule has 0 saturated heterocycles. The first-order valence-corrected chi connectivity index (χ1v) is 7.00. The first kappa shape index (κ1) is 14.8. The molecule has 0 aliphatic heterocycles. The van der Waals surface area contributed by atoms with Crippen molar-refractivity contribution in [3.63, 3.8) is 0 Å². The molecular formula is C15H17ClN2O2. The van der Waals surface area contributed by atoms with Gasteiger partial charge in [0, 0.05) is 25.1 Å². The third-order valence-electron chi connectivity index (χ3n) is 3.17. The van der Waals surface area contributed by atoms with E-state index in [2.05, 4.69) is 4.98 Å². The molecule has 0 bridgehead atoms. The fraction of sp³-hybridized carbons (Fsp3) is 0.333. The highest BCUT2D eigenvalue weighted by molar-refractivity contribution is 6.34. The molecule has 5 heteroatoms. The highest BCUT2D eigenvalue weighted by atomic mass is 35.5. The van der Waals surface area contributed by atoms with Crippen LogP contribution in [-0.4, -0.2) is 40.6 Å². The van der Waals surface area contributed by atoms with Crippen molar-refractivity contribution in [1.29, 1.82) is 0 Å². The normalized spacial score (nSPS) is 10.8. The van der Waals surface area contributed by atoms with Gasteiger partial charge in [0.05, 0.1) is 0 Å². The summed E-state index contributed by atoms with van der Waals surface area (Å²) in [5.74, 6) is -0.159. The van der Waals surface area contributed by atoms with Crippen molar-refractivity contribution < 1.29 is 9.90 Å². The maximum Gasteiger partial charge on any atom is 0.272 e. The number of hydrogen-bond acceptors (Lipinski definition) is 3. The van der Waals surface area contributed by atoms with Gasteiger partial charge in [0.2, 0.25) is 0 Å². The number of amides is 1. The SMILES string of the molecule is CCN(CCCO)C(=O)c1cc2ccccc2c(Cl)n1. The molecule has 0 spiro atoms. The first-order chi connectivity index (χ1) is 9.67. The maximum absolute atomic E-state index is 12.4. The number of carbonyl (C=O) groups excluding carboxylic acids is 1. The van der Waals surface area contributed by atoms with Gasteiger partial charge in [-0.25, -0.2) is 4.98 Å². The van der Waals surface area contributed by atoms with Gasteiger partial charge >= 0.3 is 0 Å². The number of pyridine rings is 1. The first-order valence-electron chi connectivity index (χ1n) is 6.62. The molecule has 1 aromatic heterocycles. The summed E-state index contributed by atoms with van der Waals surface area (Å²) in [6, 6.07) is 9.32. The topological polar surface area (TPSA) is 53.4 Å². The van der Waals surface area contributed by atoms with E-state index in [4.69, 9.17) is 16.7 Å². The number of aliphatic hydroxyl groups is 1. The highest BCUT2D eigenvalue weighted by Gasteiger charge is 2.16. The molecule has 2 aromatic rings. The Morgan fingerprint density at radius 1 is 1.40 bits per heavy atom. The summed E-state index contributed by atoms with van der Waals surface area (Å²) in [7, 11) is 0. The van der Waals surface area contributed by atoms with Crippen LogP contribution in [0.15, 0.2) is 30.3 Å². The van der Waals surface area contributed by atoms with Gasteiger partial charge in [0.15, 0.2) is 0 Å². The third-order valence-corrected chi connectivity index (χ3v) is 3.46. The van der Waals surface area contributed by atoms with Crippen molar-refractivity contribution in [3.8, 4) is 0 Å². The molecule has 0 fully saturated rings. The van der Waals surface area contributed by atoms with Crippen LogP contribution in [-0.2, 0) is 0 Å². The molecule has 1 heterocycles. The standard InChI is InChI=1S/C15H17ClN2O2/c1-2-18(8-5-9-19)15(20)13-10-11-6-3-4-7-12(11)14(16)17-13/h3-4,6-7,10,19H,2,5,8-9H2,1H3. The average Bonchev–Trinajstić information content (AvgIpc) is 2.47. The number of fused-ring (bicyclic) bond motifs is 1. The van der Waals surface area contributed by atoms with E-state index in [1.165, 1.54) is 0 Å². The van der Waals surface area contributed by atoms with Gasteiger partial charge in [-0.3, -0.25) is 4.79 Å². The predicted octanol–water partition coefficient (Wildman–Crippen LogP) is 2.73. The number of benzene rings is 1. The van der Waals surface area contributed by atoms with Crippen LogP contribution >= 0.6 is 11.6 Å². The molecule has 20 heavy (non-hydrogen) atoms. The number of hydrogen-bond donors (Lipinski definition) is 1. The number of nitrogens with zero attached hydrogens (tertiary/aromatic N) is 2.